The number of halogens is 1. The van der Waals surface area contributed by atoms with E-state index in [1.54, 1.807) is 0 Å². The molecular weight excluding hydrogens is 356 g/mol. The molecule has 1 N–H and O–H groups in total. The first-order valence-electron chi connectivity index (χ1n) is 9.56. The minimum absolute atomic E-state index is 0.718. The molecule has 0 amide bonds. The van der Waals surface area contributed by atoms with Crippen molar-refractivity contribution in [2.45, 2.75) is 20.4 Å². The zero-order chi connectivity index (χ0) is 19.1. The van der Waals surface area contributed by atoms with Crippen molar-refractivity contribution in [1.82, 2.24) is 4.90 Å². The first-order valence-corrected chi connectivity index (χ1v) is 9.94. The number of nitrogens with zero attached hydrogens (tertiary/aromatic N) is 1. The summed E-state index contributed by atoms with van der Waals surface area (Å²) in [6.07, 6.45) is 0. The van der Waals surface area contributed by atoms with Gasteiger partial charge in [-0.1, -0.05) is 61.8 Å². The van der Waals surface area contributed by atoms with Crippen molar-refractivity contribution in [2.75, 3.05) is 31.6 Å². The van der Waals surface area contributed by atoms with E-state index in [9.17, 15) is 0 Å². The molecule has 0 spiro atoms. The summed E-state index contributed by atoms with van der Waals surface area (Å²) in [5.74, 6) is 0.919. The van der Waals surface area contributed by atoms with Crippen LogP contribution in [0.25, 0.3) is 10.8 Å². The quantitative estimate of drug-likeness (QED) is 0.504. The monoisotopic (exact) mass is 382 g/mol. The standard InChI is InChI=1S/C23H27ClN2O/c1-3-26(4-2)15-16-27-19-11-9-18(10-12-19)17-25-23-14-13-22(24)20-7-5-6-8-21(20)23/h5-14,25H,3-4,15-17H2,1-2H3. The maximum Gasteiger partial charge on any atom is 0.119 e. The van der Waals surface area contributed by atoms with Crippen LogP contribution in [0.1, 0.15) is 19.4 Å². The van der Waals surface area contributed by atoms with Gasteiger partial charge in [0.2, 0.25) is 0 Å². The Balaban J connectivity index is 1.57. The maximum atomic E-state index is 6.30. The van der Waals surface area contributed by atoms with Crippen LogP contribution < -0.4 is 10.1 Å². The Labute approximate surface area is 166 Å². The highest BCUT2D eigenvalue weighted by atomic mass is 35.5. The number of rotatable bonds is 9. The molecule has 0 radical (unpaired) electrons. The van der Waals surface area contributed by atoms with E-state index < -0.39 is 0 Å². The minimum Gasteiger partial charge on any atom is -0.492 e. The number of hydrogen-bond donors (Lipinski definition) is 1. The van der Waals surface area contributed by atoms with Gasteiger partial charge >= 0.3 is 0 Å². The summed E-state index contributed by atoms with van der Waals surface area (Å²) in [5.41, 5.74) is 2.31. The van der Waals surface area contributed by atoms with Gasteiger partial charge in [-0.15, -0.1) is 0 Å². The molecule has 0 heterocycles. The molecule has 27 heavy (non-hydrogen) atoms. The third-order valence-electron chi connectivity index (χ3n) is 4.85. The van der Waals surface area contributed by atoms with Crippen molar-refractivity contribution >= 4 is 28.1 Å². The predicted molar refractivity (Wildman–Crippen MR) is 116 cm³/mol. The predicted octanol–water partition coefficient (Wildman–Crippen LogP) is 5.83. The van der Waals surface area contributed by atoms with Crippen molar-refractivity contribution in [1.29, 1.82) is 0 Å². The first-order chi connectivity index (χ1) is 13.2. The van der Waals surface area contributed by atoms with E-state index in [1.165, 1.54) is 5.56 Å². The van der Waals surface area contributed by atoms with E-state index in [-0.39, 0.29) is 0 Å². The van der Waals surface area contributed by atoms with Crippen LogP contribution in [0.15, 0.2) is 60.7 Å². The van der Waals surface area contributed by atoms with Gasteiger partial charge < -0.3 is 15.0 Å². The number of anilines is 1. The zero-order valence-corrected chi connectivity index (χ0v) is 16.8. The molecule has 0 atom stereocenters. The number of likely N-dealkylation sites (N-methyl/N-ethyl adjacent to an activating group) is 1. The average Bonchev–Trinajstić information content (AvgIpc) is 2.72. The molecular formula is C23H27ClN2O. The second-order valence-electron chi connectivity index (χ2n) is 6.51. The van der Waals surface area contributed by atoms with Gasteiger partial charge in [0, 0.05) is 34.6 Å². The number of benzene rings is 3. The molecule has 0 fully saturated rings. The van der Waals surface area contributed by atoms with Gasteiger partial charge in [0.05, 0.1) is 0 Å². The molecule has 0 saturated carbocycles. The average molecular weight is 383 g/mol. The van der Waals surface area contributed by atoms with Gasteiger partial charge in [-0.3, -0.25) is 0 Å². The van der Waals surface area contributed by atoms with Crippen LogP contribution in [0.2, 0.25) is 5.02 Å². The molecule has 3 rings (SSSR count). The Morgan fingerprint density at radius 3 is 2.30 bits per heavy atom. The van der Waals surface area contributed by atoms with Gasteiger partial charge in [0.25, 0.3) is 0 Å². The molecule has 0 saturated heterocycles. The molecule has 0 bridgehead atoms. The third kappa shape index (κ3) is 5.15. The van der Waals surface area contributed by atoms with Crippen molar-refractivity contribution in [3.8, 4) is 5.75 Å². The largest absolute Gasteiger partial charge is 0.492 e. The summed E-state index contributed by atoms with van der Waals surface area (Å²) in [5, 5.41) is 6.51. The zero-order valence-electron chi connectivity index (χ0n) is 16.0. The molecule has 0 aromatic heterocycles. The van der Waals surface area contributed by atoms with Gasteiger partial charge in [-0.25, -0.2) is 0 Å². The van der Waals surface area contributed by atoms with Crippen molar-refractivity contribution < 1.29 is 4.74 Å². The molecule has 3 nitrogen and oxygen atoms in total. The van der Waals surface area contributed by atoms with E-state index >= 15 is 0 Å². The molecule has 142 valence electrons. The lowest BCUT2D eigenvalue weighted by molar-refractivity contribution is 0.223. The van der Waals surface area contributed by atoms with E-state index in [1.807, 2.05) is 42.5 Å². The molecule has 0 aliphatic rings. The van der Waals surface area contributed by atoms with Gasteiger partial charge in [0.15, 0.2) is 0 Å². The van der Waals surface area contributed by atoms with Crippen LogP contribution in [0.5, 0.6) is 5.75 Å². The topological polar surface area (TPSA) is 24.5 Å². The smallest absolute Gasteiger partial charge is 0.119 e. The Hall–Kier alpha value is -2.23. The van der Waals surface area contributed by atoms with Gasteiger partial charge in [0.1, 0.15) is 12.4 Å². The number of hydrogen-bond acceptors (Lipinski definition) is 3. The molecule has 4 heteroatoms. The van der Waals surface area contributed by atoms with Crippen LogP contribution >= 0.6 is 11.6 Å². The summed E-state index contributed by atoms with van der Waals surface area (Å²) >= 11 is 6.30. The fourth-order valence-electron chi connectivity index (χ4n) is 3.15. The Morgan fingerprint density at radius 1 is 0.889 bits per heavy atom. The summed E-state index contributed by atoms with van der Waals surface area (Å²) in [7, 11) is 0. The minimum atomic E-state index is 0.718. The van der Waals surface area contributed by atoms with Crippen LogP contribution in [0.4, 0.5) is 5.69 Å². The molecule has 0 aliphatic heterocycles. The molecule has 0 unspecified atom stereocenters. The lowest BCUT2D eigenvalue weighted by atomic mass is 10.1. The third-order valence-corrected chi connectivity index (χ3v) is 5.18. The van der Waals surface area contributed by atoms with E-state index in [0.29, 0.717) is 0 Å². The summed E-state index contributed by atoms with van der Waals surface area (Å²) in [4.78, 5) is 2.36. The van der Waals surface area contributed by atoms with Crippen molar-refractivity contribution in [3.63, 3.8) is 0 Å². The Kier molecular flexibility index (Phi) is 6.97. The van der Waals surface area contributed by atoms with Crippen molar-refractivity contribution in [2.24, 2.45) is 0 Å². The van der Waals surface area contributed by atoms with Crippen LogP contribution in [0.3, 0.4) is 0 Å². The summed E-state index contributed by atoms with van der Waals surface area (Å²) < 4.78 is 5.85. The van der Waals surface area contributed by atoms with Crippen LogP contribution in [-0.4, -0.2) is 31.1 Å². The Morgan fingerprint density at radius 2 is 1.59 bits per heavy atom. The SMILES string of the molecule is CCN(CC)CCOc1ccc(CNc2ccc(Cl)c3ccccc23)cc1. The highest BCUT2D eigenvalue weighted by molar-refractivity contribution is 6.36. The van der Waals surface area contributed by atoms with Gasteiger partial charge in [-0.2, -0.15) is 0 Å². The molecule has 3 aromatic carbocycles. The Bertz CT molecular complexity index is 860. The summed E-state index contributed by atoms with van der Waals surface area (Å²) in [6.45, 7) is 8.90. The molecule has 3 aromatic rings. The number of nitrogens with one attached hydrogen (secondary N) is 1. The normalized spacial score (nSPS) is 11.1. The maximum absolute atomic E-state index is 6.30. The van der Waals surface area contributed by atoms with E-state index in [0.717, 1.165) is 60.0 Å². The highest BCUT2D eigenvalue weighted by Gasteiger charge is 2.04. The van der Waals surface area contributed by atoms with Crippen LogP contribution in [-0.2, 0) is 6.54 Å². The second-order valence-corrected chi connectivity index (χ2v) is 6.92. The number of fused-ring (bicyclic) bond motifs is 1. The highest BCUT2D eigenvalue weighted by Crippen LogP contribution is 2.30. The first kappa shape index (κ1) is 19.5. The fourth-order valence-corrected chi connectivity index (χ4v) is 3.38. The van der Waals surface area contributed by atoms with E-state index in [2.05, 4.69) is 42.3 Å². The van der Waals surface area contributed by atoms with Crippen LogP contribution in [0, 0.1) is 0 Å². The lowest BCUT2D eigenvalue weighted by Crippen LogP contribution is -2.27. The fraction of sp³-hybridized carbons (Fsp3) is 0.304. The number of ether oxygens (including phenoxy) is 1. The van der Waals surface area contributed by atoms with E-state index in [4.69, 9.17) is 16.3 Å². The second kappa shape index (κ2) is 9.63. The van der Waals surface area contributed by atoms with Gasteiger partial charge in [-0.05, 0) is 42.9 Å². The lowest BCUT2D eigenvalue weighted by Gasteiger charge is -2.18. The summed E-state index contributed by atoms with van der Waals surface area (Å²) in [6, 6.07) is 20.5. The molecule has 0 aliphatic carbocycles. The van der Waals surface area contributed by atoms with Crippen molar-refractivity contribution in [3.05, 3.63) is 71.2 Å².